The summed E-state index contributed by atoms with van der Waals surface area (Å²) >= 11 is 5.85. The molecule has 19 heavy (non-hydrogen) atoms. The number of hydrogen-bond acceptors (Lipinski definition) is 4. The molecule has 0 atom stereocenters. The van der Waals surface area contributed by atoms with Crippen LogP contribution in [-0.2, 0) is 14.6 Å². The minimum atomic E-state index is -3.14. The Morgan fingerprint density at radius 1 is 1.42 bits per heavy atom. The number of benzene rings is 1. The molecule has 1 N–H and O–H groups in total. The second-order valence-corrected chi connectivity index (χ2v) is 6.94. The highest BCUT2D eigenvalue weighted by atomic mass is 35.5. The highest BCUT2D eigenvalue weighted by molar-refractivity contribution is 7.91. The summed E-state index contributed by atoms with van der Waals surface area (Å²) in [7, 11) is -3.14. The van der Waals surface area contributed by atoms with Gasteiger partial charge in [-0.3, -0.25) is 4.79 Å². The highest BCUT2D eigenvalue weighted by Gasteiger charge is 2.15. The van der Waals surface area contributed by atoms with Crippen LogP contribution >= 0.6 is 11.6 Å². The fourth-order valence-electron chi connectivity index (χ4n) is 1.53. The first kappa shape index (κ1) is 15.8. The molecule has 5 nitrogen and oxygen atoms in total. The third kappa shape index (κ3) is 5.48. The molecule has 0 aliphatic carbocycles. The molecular weight excluding hydrogens is 290 g/mol. The summed E-state index contributed by atoms with van der Waals surface area (Å²) in [5.41, 5.74) is 0.598. The zero-order valence-corrected chi connectivity index (χ0v) is 12.1. The lowest BCUT2D eigenvalue weighted by Crippen LogP contribution is -2.34. The summed E-state index contributed by atoms with van der Waals surface area (Å²) in [6.45, 7) is 1.43. The van der Waals surface area contributed by atoms with Gasteiger partial charge in [0.15, 0.2) is 9.84 Å². The van der Waals surface area contributed by atoms with E-state index in [0.29, 0.717) is 10.7 Å². The van der Waals surface area contributed by atoms with Gasteiger partial charge in [0.2, 0.25) is 0 Å². The van der Waals surface area contributed by atoms with E-state index in [-0.39, 0.29) is 24.6 Å². The lowest BCUT2D eigenvalue weighted by Gasteiger charge is -2.22. The zero-order valence-electron chi connectivity index (χ0n) is 10.5. The Morgan fingerprint density at radius 2 is 2.11 bits per heavy atom. The Balaban J connectivity index is 2.86. The van der Waals surface area contributed by atoms with Gasteiger partial charge in [-0.15, -0.1) is 0 Å². The third-order valence-corrected chi connectivity index (χ3v) is 4.53. The van der Waals surface area contributed by atoms with E-state index < -0.39 is 15.8 Å². The highest BCUT2D eigenvalue weighted by Crippen LogP contribution is 2.19. The fourth-order valence-corrected chi connectivity index (χ4v) is 2.50. The van der Waals surface area contributed by atoms with E-state index in [0.717, 1.165) is 0 Å². The molecule has 0 aliphatic heterocycles. The Bertz CT molecular complexity index is 544. The van der Waals surface area contributed by atoms with Crippen molar-refractivity contribution in [3.8, 4) is 0 Å². The van der Waals surface area contributed by atoms with Crippen LogP contribution in [0, 0.1) is 0 Å². The van der Waals surface area contributed by atoms with Gasteiger partial charge in [0.25, 0.3) is 0 Å². The summed E-state index contributed by atoms with van der Waals surface area (Å²) in [5, 5.41) is 9.36. The van der Waals surface area contributed by atoms with Gasteiger partial charge in [-0.2, -0.15) is 0 Å². The Labute approximate surface area is 117 Å². The molecular formula is C12H16ClNO4S. The SMILES string of the molecule is CCS(=O)(=O)CCN(CC(=O)O)c1cccc(Cl)c1. The van der Waals surface area contributed by atoms with Crippen molar-refractivity contribution in [2.24, 2.45) is 0 Å². The van der Waals surface area contributed by atoms with Crippen molar-refractivity contribution in [2.75, 3.05) is 29.5 Å². The van der Waals surface area contributed by atoms with Crippen LogP contribution in [0.5, 0.6) is 0 Å². The molecule has 1 aromatic rings. The molecule has 1 rings (SSSR count). The number of carbonyl (C=O) groups is 1. The minimum Gasteiger partial charge on any atom is -0.480 e. The maximum atomic E-state index is 11.5. The molecule has 106 valence electrons. The topological polar surface area (TPSA) is 74.7 Å². The normalized spacial score (nSPS) is 11.3. The van der Waals surface area contributed by atoms with E-state index >= 15 is 0 Å². The first-order valence-electron chi connectivity index (χ1n) is 5.77. The lowest BCUT2D eigenvalue weighted by molar-refractivity contribution is -0.135. The average Bonchev–Trinajstić information content (AvgIpc) is 2.34. The van der Waals surface area contributed by atoms with Crippen molar-refractivity contribution in [3.05, 3.63) is 29.3 Å². The maximum absolute atomic E-state index is 11.5. The second-order valence-electron chi connectivity index (χ2n) is 4.03. The molecule has 0 aromatic heterocycles. The first-order valence-corrected chi connectivity index (χ1v) is 7.96. The Hall–Kier alpha value is -1.27. The van der Waals surface area contributed by atoms with E-state index in [1.54, 1.807) is 31.2 Å². The molecule has 0 radical (unpaired) electrons. The monoisotopic (exact) mass is 305 g/mol. The number of sulfone groups is 1. The van der Waals surface area contributed by atoms with Crippen LogP contribution < -0.4 is 4.90 Å². The van der Waals surface area contributed by atoms with Gasteiger partial charge >= 0.3 is 5.97 Å². The average molecular weight is 306 g/mol. The number of carboxylic acids is 1. The molecule has 0 amide bonds. The van der Waals surface area contributed by atoms with Crippen LogP contribution in [0.15, 0.2) is 24.3 Å². The van der Waals surface area contributed by atoms with E-state index in [1.807, 2.05) is 0 Å². The number of halogens is 1. The minimum absolute atomic E-state index is 0.0451. The molecule has 0 saturated heterocycles. The molecule has 0 heterocycles. The van der Waals surface area contributed by atoms with Crippen molar-refractivity contribution in [3.63, 3.8) is 0 Å². The van der Waals surface area contributed by atoms with E-state index in [2.05, 4.69) is 0 Å². The van der Waals surface area contributed by atoms with Crippen LogP contribution in [0.1, 0.15) is 6.92 Å². The van der Waals surface area contributed by atoms with Gasteiger partial charge in [0.1, 0.15) is 6.54 Å². The van der Waals surface area contributed by atoms with Crippen molar-refractivity contribution < 1.29 is 18.3 Å². The van der Waals surface area contributed by atoms with E-state index in [9.17, 15) is 13.2 Å². The van der Waals surface area contributed by atoms with Gasteiger partial charge in [-0.1, -0.05) is 24.6 Å². The maximum Gasteiger partial charge on any atom is 0.323 e. The number of aliphatic carboxylic acids is 1. The Kier molecular flexibility index (Phi) is 5.62. The summed E-state index contributed by atoms with van der Waals surface area (Å²) in [5.74, 6) is -1.05. The summed E-state index contributed by atoms with van der Waals surface area (Å²) < 4.78 is 23.0. The predicted octanol–water partition coefficient (Wildman–Crippen LogP) is 1.67. The van der Waals surface area contributed by atoms with Gasteiger partial charge in [-0.05, 0) is 18.2 Å². The van der Waals surface area contributed by atoms with Crippen LogP contribution in [0.25, 0.3) is 0 Å². The quantitative estimate of drug-likeness (QED) is 0.829. The molecule has 0 unspecified atom stereocenters. The fraction of sp³-hybridized carbons (Fsp3) is 0.417. The molecule has 1 aromatic carbocycles. The largest absolute Gasteiger partial charge is 0.480 e. The van der Waals surface area contributed by atoms with Crippen LogP contribution in [0.2, 0.25) is 5.02 Å². The summed E-state index contributed by atoms with van der Waals surface area (Å²) in [4.78, 5) is 12.3. The standard InChI is InChI=1S/C12H16ClNO4S/c1-2-19(17,18)7-6-14(9-12(15)16)11-5-3-4-10(13)8-11/h3-5,8H,2,6-7,9H2,1H3,(H,15,16). The molecule has 0 spiro atoms. The molecule has 0 saturated carbocycles. The molecule has 0 fully saturated rings. The molecule has 7 heteroatoms. The Morgan fingerprint density at radius 3 is 2.63 bits per heavy atom. The van der Waals surface area contributed by atoms with Crippen LogP contribution in [0.4, 0.5) is 5.69 Å². The number of carboxylic acid groups (broad SMARTS) is 1. The number of hydrogen-bond donors (Lipinski definition) is 1. The predicted molar refractivity (Wildman–Crippen MR) is 75.6 cm³/mol. The summed E-state index contributed by atoms with van der Waals surface area (Å²) in [6, 6.07) is 6.68. The molecule has 0 bridgehead atoms. The van der Waals surface area contributed by atoms with Crippen molar-refractivity contribution in [1.82, 2.24) is 0 Å². The number of anilines is 1. The smallest absolute Gasteiger partial charge is 0.323 e. The first-order chi connectivity index (χ1) is 8.84. The van der Waals surface area contributed by atoms with Crippen molar-refractivity contribution in [1.29, 1.82) is 0 Å². The van der Waals surface area contributed by atoms with Crippen molar-refractivity contribution in [2.45, 2.75) is 6.92 Å². The van der Waals surface area contributed by atoms with Gasteiger partial charge < -0.3 is 10.0 Å². The third-order valence-electron chi connectivity index (χ3n) is 2.61. The van der Waals surface area contributed by atoms with Crippen LogP contribution in [0.3, 0.4) is 0 Å². The molecule has 0 aliphatic rings. The second kappa shape index (κ2) is 6.77. The van der Waals surface area contributed by atoms with E-state index in [1.165, 1.54) is 4.90 Å². The van der Waals surface area contributed by atoms with Gasteiger partial charge in [0.05, 0.1) is 5.75 Å². The van der Waals surface area contributed by atoms with Crippen LogP contribution in [-0.4, -0.2) is 44.1 Å². The van der Waals surface area contributed by atoms with Crippen molar-refractivity contribution >= 4 is 33.1 Å². The zero-order chi connectivity index (χ0) is 14.5. The van der Waals surface area contributed by atoms with Gasteiger partial charge in [0, 0.05) is 23.0 Å². The summed E-state index contributed by atoms with van der Waals surface area (Å²) in [6.07, 6.45) is 0. The number of rotatable bonds is 7. The van der Waals surface area contributed by atoms with E-state index in [4.69, 9.17) is 16.7 Å². The lowest BCUT2D eigenvalue weighted by atomic mass is 10.3. The number of nitrogens with zero attached hydrogens (tertiary/aromatic N) is 1. The van der Waals surface area contributed by atoms with Gasteiger partial charge in [-0.25, -0.2) is 8.42 Å².